The molecule has 0 radical (unpaired) electrons. The maximum absolute atomic E-state index is 12.2. The lowest BCUT2D eigenvalue weighted by atomic mass is 9.88. The minimum atomic E-state index is -0.657. The summed E-state index contributed by atoms with van der Waals surface area (Å²) in [4.78, 5) is 25.1. The highest BCUT2D eigenvalue weighted by Crippen LogP contribution is 2.26. The van der Waals surface area contributed by atoms with Crippen molar-refractivity contribution >= 4 is 11.9 Å². The smallest absolute Gasteiger partial charge is 0.325 e. The number of amides is 3. The van der Waals surface area contributed by atoms with Crippen molar-refractivity contribution in [3.05, 3.63) is 0 Å². The van der Waals surface area contributed by atoms with E-state index in [0.29, 0.717) is 26.0 Å². The largest absolute Gasteiger partial charge is 0.383 e. The second kappa shape index (κ2) is 4.39. The summed E-state index contributed by atoms with van der Waals surface area (Å²) in [5.74, 6) is -0.101. The molecule has 2 heterocycles. The van der Waals surface area contributed by atoms with Crippen LogP contribution in [0.4, 0.5) is 4.79 Å². The van der Waals surface area contributed by atoms with E-state index in [2.05, 4.69) is 10.6 Å². The summed E-state index contributed by atoms with van der Waals surface area (Å²) < 4.78 is 4.89. The third-order valence-electron chi connectivity index (χ3n) is 3.22. The molecule has 0 unspecified atom stereocenters. The van der Waals surface area contributed by atoms with Gasteiger partial charge in [0.1, 0.15) is 5.54 Å². The maximum atomic E-state index is 12.2. The van der Waals surface area contributed by atoms with Gasteiger partial charge < -0.3 is 15.4 Å². The maximum Gasteiger partial charge on any atom is 0.325 e. The van der Waals surface area contributed by atoms with Crippen LogP contribution in [0, 0.1) is 0 Å². The zero-order chi connectivity index (χ0) is 11.6. The predicted octanol–water partition coefficient (Wildman–Crippen LogP) is -0.693. The molecule has 0 bridgehead atoms. The van der Waals surface area contributed by atoms with E-state index in [4.69, 9.17) is 4.74 Å². The van der Waals surface area contributed by atoms with Crippen LogP contribution in [0.15, 0.2) is 0 Å². The van der Waals surface area contributed by atoms with Crippen molar-refractivity contribution in [2.75, 3.05) is 33.4 Å². The molecule has 1 spiro atoms. The van der Waals surface area contributed by atoms with Crippen LogP contribution >= 0.6 is 0 Å². The Kier molecular flexibility index (Phi) is 3.11. The number of methoxy groups -OCH3 is 1. The summed E-state index contributed by atoms with van der Waals surface area (Å²) in [5.41, 5.74) is -0.657. The highest BCUT2D eigenvalue weighted by atomic mass is 16.5. The Hall–Kier alpha value is -1.14. The van der Waals surface area contributed by atoms with Crippen molar-refractivity contribution in [1.82, 2.24) is 15.5 Å². The van der Waals surface area contributed by atoms with E-state index in [0.717, 1.165) is 13.1 Å². The molecule has 2 rings (SSSR count). The quantitative estimate of drug-likeness (QED) is 0.626. The molecular weight excluding hydrogens is 210 g/mol. The Morgan fingerprint density at radius 1 is 1.38 bits per heavy atom. The SMILES string of the molecule is COCCN1C(=O)NC2(CCNCC2)C1=O. The molecule has 2 aliphatic rings. The Morgan fingerprint density at radius 2 is 2.06 bits per heavy atom. The minimum absolute atomic E-state index is 0.101. The molecule has 6 nitrogen and oxygen atoms in total. The number of nitrogens with zero attached hydrogens (tertiary/aromatic N) is 1. The minimum Gasteiger partial charge on any atom is -0.383 e. The van der Waals surface area contributed by atoms with Gasteiger partial charge in [0.05, 0.1) is 13.2 Å². The summed E-state index contributed by atoms with van der Waals surface area (Å²) >= 11 is 0. The number of ether oxygens (including phenoxy) is 1. The van der Waals surface area contributed by atoms with Gasteiger partial charge in [0, 0.05) is 7.11 Å². The molecule has 0 saturated carbocycles. The van der Waals surface area contributed by atoms with Gasteiger partial charge in [-0.15, -0.1) is 0 Å². The number of piperidine rings is 1. The van der Waals surface area contributed by atoms with Crippen LogP contribution in [-0.4, -0.2) is 55.7 Å². The topological polar surface area (TPSA) is 70.7 Å². The van der Waals surface area contributed by atoms with Crippen molar-refractivity contribution < 1.29 is 14.3 Å². The Bertz CT molecular complexity index is 300. The number of imide groups is 1. The van der Waals surface area contributed by atoms with E-state index in [1.165, 1.54) is 4.90 Å². The fraction of sp³-hybridized carbons (Fsp3) is 0.800. The standard InChI is InChI=1S/C10H17N3O3/c1-16-7-6-13-8(14)10(12-9(13)15)2-4-11-5-3-10/h11H,2-7H2,1H3,(H,12,15). The zero-order valence-electron chi connectivity index (χ0n) is 9.41. The second-order valence-electron chi connectivity index (χ2n) is 4.21. The molecule has 0 aromatic heterocycles. The lowest BCUT2D eigenvalue weighted by Crippen LogP contribution is -2.54. The molecule has 2 fully saturated rings. The lowest BCUT2D eigenvalue weighted by molar-refractivity contribution is -0.132. The third kappa shape index (κ3) is 1.78. The van der Waals surface area contributed by atoms with E-state index < -0.39 is 5.54 Å². The molecule has 16 heavy (non-hydrogen) atoms. The molecule has 90 valence electrons. The number of hydrogen-bond acceptors (Lipinski definition) is 4. The van der Waals surface area contributed by atoms with Gasteiger partial charge in [-0.3, -0.25) is 9.69 Å². The lowest BCUT2D eigenvalue weighted by Gasteiger charge is -2.31. The Balaban J connectivity index is 2.08. The normalized spacial score (nSPS) is 23.9. The summed E-state index contributed by atoms with van der Waals surface area (Å²) in [6, 6.07) is -0.288. The first-order valence-corrected chi connectivity index (χ1v) is 5.53. The average molecular weight is 227 g/mol. The van der Waals surface area contributed by atoms with Gasteiger partial charge in [0.2, 0.25) is 0 Å². The Labute approximate surface area is 94.3 Å². The highest BCUT2D eigenvalue weighted by Gasteiger charge is 2.50. The highest BCUT2D eigenvalue weighted by molar-refractivity contribution is 6.07. The Morgan fingerprint density at radius 3 is 2.69 bits per heavy atom. The fourth-order valence-corrected chi connectivity index (χ4v) is 2.25. The summed E-state index contributed by atoms with van der Waals surface area (Å²) in [7, 11) is 1.55. The number of rotatable bonds is 3. The van der Waals surface area contributed by atoms with E-state index in [1.54, 1.807) is 7.11 Å². The van der Waals surface area contributed by atoms with Crippen molar-refractivity contribution in [2.24, 2.45) is 0 Å². The first kappa shape index (κ1) is 11.3. The molecule has 6 heteroatoms. The molecule has 0 atom stereocenters. The monoisotopic (exact) mass is 227 g/mol. The molecule has 2 N–H and O–H groups in total. The average Bonchev–Trinajstić information content (AvgIpc) is 2.50. The van der Waals surface area contributed by atoms with Crippen LogP contribution in [0.3, 0.4) is 0 Å². The third-order valence-corrected chi connectivity index (χ3v) is 3.22. The van der Waals surface area contributed by atoms with E-state index in [9.17, 15) is 9.59 Å². The van der Waals surface area contributed by atoms with E-state index in [-0.39, 0.29) is 11.9 Å². The molecule has 0 aromatic rings. The molecule has 3 amide bonds. The first-order valence-electron chi connectivity index (χ1n) is 5.53. The first-order chi connectivity index (χ1) is 7.69. The number of carbonyl (C=O) groups excluding carboxylic acids is 2. The van der Waals surface area contributed by atoms with Crippen LogP contribution in [0.1, 0.15) is 12.8 Å². The predicted molar refractivity (Wildman–Crippen MR) is 57.0 cm³/mol. The number of nitrogens with one attached hydrogen (secondary N) is 2. The molecule has 2 aliphatic heterocycles. The summed E-state index contributed by atoms with van der Waals surface area (Å²) in [5, 5.41) is 6.00. The molecule has 2 saturated heterocycles. The van der Waals surface area contributed by atoms with Crippen LogP contribution in [0.2, 0.25) is 0 Å². The number of urea groups is 1. The van der Waals surface area contributed by atoms with E-state index in [1.807, 2.05) is 0 Å². The van der Waals surface area contributed by atoms with Gasteiger partial charge >= 0.3 is 6.03 Å². The van der Waals surface area contributed by atoms with Gasteiger partial charge in [-0.1, -0.05) is 0 Å². The molecule has 0 aliphatic carbocycles. The zero-order valence-corrected chi connectivity index (χ0v) is 9.41. The fourth-order valence-electron chi connectivity index (χ4n) is 2.25. The van der Waals surface area contributed by atoms with Crippen molar-refractivity contribution in [3.63, 3.8) is 0 Å². The van der Waals surface area contributed by atoms with Gasteiger partial charge in [-0.25, -0.2) is 4.79 Å². The number of hydrogen-bond donors (Lipinski definition) is 2. The van der Waals surface area contributed by atoms with Gasteiger partial charge in [-0.2, -0.15) is 0 Å². The number of carbonyl (C=O) groups is 2. The van der Waals surface area contributed by atoms with Crippen molar-refractivity contribution in [2.45, 2.75) is 18.4 Å². The van der Waals surface area contributed by atoms with Crippen LogP contribution in [0.5, 0.6) is 0 Å². The van der Waals surface area contributed by atoms with Crippen LogP contribution in [-0.2, 0) is 9.53 Å². The van der Waals surface area contributed by atoms with Crippen molar-refractivity contribution in [3.8, 4) is 0 Å². The second-order valence-corrected chi connectivity index (χ2v) is 4.21. The van der Waals surface area contributed by atoms with Gasteiger partial charge in [0.25, 0.3) is 5.91 Å². The van der Waals surface area contributed by atoms with Crippen LogP contribution < -0.4 is 10.6 Å². The van der Waals surface area contributed by atoms with E-state index >= 15 is 0 Å². The molecular formula is C10H17N3O3. The van der Waals surface area contributed by atoms with Crippen molar-refractivity contribution in [1.29, 1.82) is 0 Å². The van der Waals surface area contributed by atoms with Crippen LogP contribution in [0.25, 0.3) is 0 Å². The summed E-state index contributed by atoms with van der Waals surface area (Å²) in [6.45, 7) is 2.25. The van der Waals surface area contributed by atoms with Gasteiger partial charge in [-0.05, 0) is 25.9 Å². The van der Waals surface area contributed by atoms with Gasteiger partial charge in [0.15, 0.2) is 0 Å². The molecule has 0 aromatic carbocycles. The summed E-state index contributed by atoms with van der Waals surface area (Å²) in [6.07, 6.45) is 1.34.